The van der Waals surface area contributed by atoms with Crippen LogP contribution in [0.4, 0.5) is 11.4 Å². The van der Waals surface area contributed by atoms with Gasteiger partial charge < -0.3 is 9.80 Å². The number of fused-ring (bicyclic) bond motifs is 1. The van der Waals surface area contributed by atoms with Crippen LogP contribution in [0.15, 0.2) is 18.2 Å². The first-order valence-corrected chi connectivity index (χ1v) is 6.83. The Hall–Kier alpha value is -2.62. The maximum atomic E-state index is 11.7. The summed E-state index contributed by atoms with van der Waals surface area (Å²) in [5, 5.41) is 19.9. The molecular weight excluding hydrogens is 272 g/mol. The van der Waals surface area contributed by atoms with Crippen molar-refractivity contribution in [2.45, 2.75) is 18.9 Å². The van der Waals surface area contributed by atoms with Crippen molar-refractivity contribution >= 4 is 17.3 Å². The third-order valence-electron chi connectivity index (χ3n) is 4.16. The van der Waals surface area contributed by atoms with Crippen molar-refractivity contribution in [2.24, 2.45) is 0 Å². The number of nitriles is 1. The molecule has 0 radical (unpaired) electrons. The molecule has 3 rings (SSSR count). The molecule has 1 atom stereocenters. The van der Waals surface area contributed by atoms with Gasteiger partial charge >= 0.3 is 0 Å². The van der Waals surface area contributed by atoms with E-state index in [1.54, 1.807) is 12.1 Å². The first-order chi connectivity index (χ1) is 10.1. The Morgan fingerprint density at radius 3 is 2.90 bits per heavy atom. The number of carbonyl (C=O) groups excluding carboxylic acids is 1. The minimum atomic E-state index is -0.546. The number of nitro benzene ring substituents is 1. The topological polar surface area (TPSA) is 90.5 Å². The highest BCUT2D eigenvalue weighted by molar-refractivity contribution is 5.79. The summed E-state index contributed by atoms with van der Waals surface area (Å²) in [4.78, 5) is 26.0. The molecule has 0 spiro atoms. The van der Waals surface area contributed by atoms with Crippen molar-refractivity contribution in [3.05, 3.63) is 33.9 Å². The van der Waals surface area contributed by atoms with E-state index in [-0.39, 0.29) is 23.2 Å². The highest BCUT2D eigenvalue weighted by atomic mass is 16.6. The zero-order valence-corrected chi connectivity index (χ0v) is 11.4. The number of piperazine rings is 1. The summed E-state index contributed by atoms with van der Waals surface area (Å²) in [5.41, 5.74) is 0.703. The van der Waals surface area contributed by atoms with Crippen LogP contribution in [-0.4, -0.2) is 41.4 Å². The number of hydrogen-bond donors (Lipinski definition) is 0. The average molecular weight is 286 g/mol. The van der Waals surface area contributed by atoms with E-state index in [0.29, 0.717) is 26.1 Å². The number of rotatable bonds is 2. The summed E-state index contributed by atoms with van der Waals surface area (Å²) in [6.45, 7) is 2.07. The second-order valence-corrected chi connectivity index (χ2v) is 5.30. The van der Waals surface area contributed by atoms with E-state index < -0.39 is 4.92 Å². The second kappa shape index (κ2) is 5.05. The van der Waals surface area contributed by atoms with Crippen LogP contribution in [0.2, 0.25) is 0 Å². The van der Waals surface area contributed by atoms with E-state index in [1.165, 1.54) is 6.07 Å². The lowest BCUT2D eigenvalue weighted by atomic mass is 10.1. The third kappa shape index (κ3) is 2.29. The number of hydrogen-bond acceptors (Lipinski definition) is 5. The standard InChI is InChI=1S/C14H14N4O3/c15-8-10-7-11(1-3-13(10)18(20)21)16-5-6-17-12(9-16)2-4-14(17)19/h1,3,7,12H,2,4-6,9H2. The lowest BCUT2D eigenvalue weighted by molar-refractivity contribution is -0.385. The summed E-state index contributed by atoms with van der Waals surface area (Å²) < 4.78 is 0. The zero-order chi connectivity index (χ0) is 15.0. The van der Waals surface area contributed by atoms with Crippen LogP contribution < -0.4 is 4.90 Å². The van der Waals surface area contributed by atoms with Gasteiger partial charge in [0, 0.05) is 43.9 Å². The molecular formula is C14H14N4O3. The summed E-state index contributed by atoms with van der Waals surface area (Å²) in [7, 11) is 0. The SMILES string of the molecule is N#Cc1cc(N2CCN3C(=O)CCC3C2)ccc1[N+](=O)[O-]. The number of carbonyl (C=O) groups is 1. The molecule has 2 saturated heterocycles. The molecule has 0 N–H and O–H groups in total. The molecule has 1 aromatic rings. The van der Waals surface area contributed by atoms with Crippen molar-refractivity contribution in [3.63, 3.8) is 0 Å². The largest absolute Gasteiger partial charge is 0.368 e. The molecule has 2 heterocycles. The maximum absolute atomic E-state index is 11.7. The van der Waals surface area contributed by atoms with Gasteiger partial charge in [-0.1, -0.05) is 0 Å². The maximum Gasteiger partial charge on any atom is 0.287 e. The Morgan fingerprint density at radius 2 is 2.19 bits per heavy atom. The average Bonchev–Trinajstić information content (AvgIpc) is 2.87. The van der Waals surface area contributed by atoms with Gasteiger partial charge in [-0.25, -0.2) is 0 Å². The minimum absolute atomic E-state index is 0.0717. The Morgan fingerprint density at radius 1 is 1.38 bits per heavy atom. The summed E-state index contributed by atoms with van der Waals surface area (Å²) in [5.74, 6) is 0.209. The molecule has 7 nitrogen and oxygen atoms in total. The highest BCUT2D eigenvalue weighted by Crippen LogP contribution is 2.29. The van der Waals surface area contributed by atoms with E-state index in [4.69, 9.17) is 5.26 Å². The molecule has 1 aromatic carbocycles. The number of amides is 1. The molecule has 7 heteroatoms. The molecule has 0 saturated carbocycles. The quantitative estimate of drug-likeness (QED) is 0.603. The van der Waals surface area contributed by atoms with E-state index in [9.17, 15) is 14.9 Å². The Balaban J connectivity index is 1.84. The van der Waals surface area contributed by atoms with Crippen LogP contribution in [0.3, 0.4) is 0 Å². The second-order valence-electron chi connectivity index (χ2n) is 5.30. The van der Waals surface area contributed by atoms with E-state index in [2.05, 4.69) is 4.90 Å². The van der Waals surface area contributed by atoms with Crippen LogP contribution in [0.1, 0.15) is 18.4 Å². The Bertz CT molecular complexity index is 652. The molecule has 1 unspecified atom stereocenters. The predicted octanol–water partition coefficient (Wildman–Crippen LogP) is 1.28. The zero-order valence-electron chi connectivity index (χ0n) is 11.4. The molecule has 21 heavy (non-hydrogen) atoms. The van der Waals surface area contributed by atoms with Gasteiger partial charge in [-0.3, -0.25) is 14.9 Å². The van der Waals surface area contributed by atoms with Gasteiger partial charge in [0.1, 0.15) is 11.6 Å². The van der Waals surface area contributed by atoms with Crippen molar-refractivity contribution in [1.82, 2.24) is 4.90 Å². The third-order valence-corrected chi connectivity index (χ3v) is 4.16. The molecule has 108 valence electrons. The number of anilines is 1. The van der Waals surface area contributed by atoms with E-state index >= 15 is 0 Å². The summed E-state index contributed by atoms with van der Waals surface area (Å²) in [6, 6.07) is 6.70. The molecule has 2 aliphatic rings. The van der Waals surface area contributed by atoms with Crippen LogP contribution in [0.5, 0.6) is 0 Å². The van der Waals surface area contributed by atoms with Gasteiger partial charge in [0.05, 0.1) is 4.92 Å². The smallest absolute Gasteiger partial charge is 0.287 e. The van der Waals surface area contributed by atoms with Crippen LogP contribution in [0, 0.1) is 21.4 Å². The minimum Gasteiger partial charge on any atom is -0.368 e. The van der Waals surface area contributed by atoms with Gasteiger partial charge in [-0.05, 0) is 18.6 Å². The van der Waals surface area contributed by atoms with Crippen LogP contribution in [-0.2, 0) is 4.79 Å². The van der Waals surface area contributed by atoms with E-state index in [1.807, 2.05) is 11.0 Å². The molecule has 0 bridgehead atoms. The van der Waals surface area contributed by atoms with Gasteiger partial charge in [0.2, 0.25) is 5.91 Å². The van der Waals surface area contributed by atoms with Crippen molar-refractivity contribution in [2.75, 3.05) is 24.5 Å². The fourth-order valence-corrected chi connectivity index (χ4v) is 3.07. The molecule has 0 aliphatic carbocycles. The molecule has 1 amide bonds. The van der Waals surface area contributed by atoms with Gasteiger partial charge in [-0.2, -0.15) is 5.26 Å². The van der Waals surface area contributed by atoms with E-state index in [0.717, 1.165) is 12.1 Å². The number of benzene rings is 1. The molecule has 2 fully saturated rings. The number of nitro groups is 1. The van der Waals surface area contributed by atoms with Crippen molar-refractivity contribution < 1.29 is 9.72 Å². The first-order valence-electron chi connectivity index (χ1n) is 6.83. The monoisotopic (exact) mass is 286 g/mol. The Labute approximate surface area is 121 Å². The number of nitrogens with zero attached hydrogens (tertiary/aromatic N) is 4. The lowest BCUT2D eigenvalue weighted by Gasteiger charge is -2.38. The molecule has 0 aromatic heterocycles. The Kier molecular flexibility index (Phi) is 3.22. The van der Waals surface area contributed by atoms with Gasteiger partial charge in [-0.15, -0.1) is 0 Å². The van der Waals surface area contributed by atoms with Gasteiger partial charge in [0.25, 0.3) is 5.69 Å². The summed E-state index contributed by atoms with van der Waals surface area (Å²) in [6.07, 6.45) is 1.45. The predicted molar refractivity (Wildman–Crippen MR) is 74.8 cm³/mol. The van der Waals surface area contributed by atoms with Crippen LogP contribution >= 0.6 is 0 Å². The fourth-order valence-electron chi connectivity index (χ4n) is 3.07. The first kappa shape index (κ1) is 13.4. The summed E-state index contributed by atoms with van der Waals surface area (Å²) >= 11 is 0. The van der Waals surface area contributed by atoms with Crippen molar-refractivity contribution in [3.8, 4) is 6.07 Å². The normalized spacial score (nSPS) is 21.1. The molecule has 2 aliphatic heterocycles. The fraction of sp³-hybridized carbons (Fsp3) is 0.429. The lowest BCUT2D eigenvalue weighted by Crippen LogP contribution is -2.51. The van der Waals surface area contributed by atoms with Crippen LogP contribution in [0.25, 0.3) is 0 Å². The highest BCUT2D eigenvalue weighted by Gasteiger charge is 2.35. The van der Waals surface area contributed by atoms with Gasteiger partial charge in [0.15, 0.2) is 0 Å². The van der Waals surface area contributed by atoms with Crippen molar-refractivity contribution in [1.29, 1.82) is 5.26 Å².